The van der Waals surface area contributed by atoms with Gasteiger partial charge in [-0.3, -0.25) is 4.79 Å². The number of carbonyl (C=O) groups is 1. The first kappa shape index (κ1) is 16.7. The molecule has 1 amide bonds. The van der Waals surface area contributed by atoms with Crippen LogP contribution in [-0.4, -0.2) is 48.5 Å². The van der Waals surface area contributed by atoms with Crippen molar-refractivity contribution >= 4 is 15.9 Å². The van der Waals surface area contributed by atoms with Gasteiger partial charge in [-0.15, -0.1) is 0 Å². The van der Waals surface area contributed by atoms with E-state index in [1.165, 1.54) is 0 Å². The van der Waals surface area contributed by atoms with Gasteiger partial charge < -0.3 is 9.88 Å². The molecule has 1 aromatic carbocycles. The second-order valence-corrected chi connectivity index (χ2v) is 7.75. The van der Waals surface area contributed by atoms with Crippen LogP contribution < -0.4 is 4.72 Å². The number of fused-ring (bicyclic) bond motifs is 1. The van der Waals surface area contributed by atoms with Crippen LogP contribution >= 0.6 is 0 Å². The standard InChI is InChI=1S/C16H20N4O3S/c1-24(22,23)19-8-7-15(21)20-9-13(12-5-3-2-4-6-12)16-14(10-20)17-11-18-16/h2-6,11,13,19H,7-10H2,1H3,(H,17,18). The van der Waals surface area contributed by atoms with Gasteiger partial charge in [0.25, 0.3) is 0 Å². The number of hydrogen-bond donors (Lipinski definition) is 2. The van der Waals surface area contributed by atoms with Crippen molar-refractivity contribution < 1.29 is 13.2 Å². The molecule has 0 radical (unpaired) electrons. The molecular formula is C16H20N4O3S. The minimum atomic E-state index is -3.28. The van der Waals surface area contributed by atoms with Gasteiger partial charge >= 0.3 is 0 Å². The van der Waals surface area contributed by atoms with Gasteiger partial charge in [0, 0.05) is 25.4 Å². The highest BCUT2D eigenvalue weighted by Gasteiger charge is 2.30. The number of aromatic amines is 1. The van der Waals surface area contributed by atoms with E-state index in [-0.39, 0.29) is 24.8 Å². The molecule has 1 aliphatic rings. The number of rotatable bonds is 5. The molecule has 8 heteroatoms. The van der Waals surface area contributed by atoms with Crippen molar-refractivity contribution in [3.05, 3.63) is 53.6 Å². The van der Waals surface area contributed by atoms with Crippen molar-refractivity contribution in [1.82, 2.24) is 19.6 Å². The van der Waals surface area contributed by atoms with Gasteiger partial charge in [-0.2, -0.15) is 0 Å². The molecule has 0 aliphatic carbocycles. The molecule has 3 rings (SSSR count). The van der Waals surface area contributed by atoms with Crippen molar-refractivity contribution in [3.8, 4) is 0 Å². The Morgan fingerprint density at radius 3 is 2.83 bits per heavy atom. The van der Waals surface area contributed by atoms with Crippen molar-refractivity contribution in [1.29, 1.82) is 0 Å². The van der Waals surface area contributed by atoms with Gasteiger partial charge in [0.05, 0.1) is 30.5 Å². The zero-order valence-corrected chi connectivity index (χ0v) is 14.2. The van der Waals surface area contributed by atoms with Gasteiger partial charge in [0.1, 0.15) is 0 Å². The highest BCUT2D eigenvalue weighted by Crippen LogP contribution is 2.31. The third kappa shape index (κ3) is 3.82. The molecule has 128 valence electrons. The Balaban J connectivity index is 1.74. The highest BCUT2D eigenvalue weighted by atomic mass is 32.2. The Bertz CT molecular complexity index is 817. The second-order valence-electron chi connectivity index (χ2n) is 5.92. The quantitative estimate of drug-likeness (QED) is 0.836. The van der Waals surface area contributed by atoms with E-state index in [1.54, 1.807) is 11.2 Å². The van der Waals surface area contributed by atoms with Crippen LogP contribution in [0.2, 0.25) is 0 Å². The average molecular weight is 348 g/mol. The molecule has 1 aromatic heterocycles. The number of H-pyrrole nitrogens is 1. The summed E-state index contributed by atoms with van der Waals surface area (Å²) in [7, 11) is -3.28. The number of benzene rings is 1. The van der Waals surface area contributed by atoms with E-state index >= 15 is 0 Å². The lowest BCUT2D eigenvalue weighted by Gasteiger charge is -2.32. The molecule has 1 aliphatic heterocycles. The Morgan fingerprint density at radius 1 is 1.38 bits per heavy atom. The van der Waals surface area contributed by atoms with Crippen LogP contribution in [0.25, 0.3) is 0 Å². The van der Waals surface area contributed by atoms with Crippen LogP contribution in [0.5, 0.6) is 0 Å². The van der Waals surface area contributed by atoms with Crippen molar-refractivity contribution in [2.45, 2.75) is 18.9 Å². The molecule has 1 unspecified atom stereocenters. The van der Waals surface area contributed by atoms with Crippen LogP contribution in [0.4, 0.5) is 0 Å². The van der Waals surface area contributed by atoms with Gasteiger partial charge in [0.2, 0.25) is 15.9 Å². The van der Waals surface area contributed by atoms with Crippen LogP contribution in [0.3, 0.4) is 0 Å². The minimum Gasteiger partial charge on any atom is -0.347 e. The van der Waals surface area contributed by atoms with Crippen molar-refractivity contribution in [2.75, 3.05) is 19.3 Å². The van der Waals surface area contributed by atoms with Crippen LogP contribution in [0.1, 0.15) is 29.3 Å². The maximum absolute atomic E-state index is 12.4. The predicted molar refractivity (Wildman–Crippen MR) is 89.8 cm³/mol. The first-order valence-electron chi connectivity index (χ1n) is 7.73. The molecule has 0 spiro atoms. The Hall–Kier alpha value is -2.19. The fraction of sp³-hybridized carbons (Fsp3) is 0.375. The average Bonchev–Trinajstić information content (AvgIpc) is 3.02. The zero-order chi connectivity index (χ0) is 17.2. The summed E-state index contributed by atoms with van der Waals surface area (Å²) in [6, 6.07) is 9.96. The number of aromatic nitrogens is 2. The van der Waals surface area contributed by atoms with E-state index in [4.69, 9.17) is 0 Å². The molecule has 1 atom stereocenters. The van der Waals surface area contributed by atoms with E-state index in [0.717, 1.165) is 23.2 Å². The number of hydrogen-bond acceptors (Lipinski definition) is 4. The van der Waals surface area contributed by atoms with Crippen LogP contribution in [0, 0.1) is 0 Å². The summed E-state index contributed by atoms with van der Waals surface area (Å²) in [5, 5.41) is 0. The van der Waals surface area contributed by atoms with Gasteiger partial charge in [-0.25, -0.2) is 18.1 Å². The summed E-state index contributed by atoms with van der Waals surface area (Å²) in [6.45, 7) is 1.12. The monoisotopic (exact) mass is 348 g/mol. The topological polar surface area (TPSA) is 95.2 Å². The summed E-state index contributed by atoms with van der Waals surface area (Å²) in [5.74, 6) is -0.0552. The Kier molecular flexibility index (Phi) is 4.68. The lowest BCUT2D eigenvalue weighted by Crippen LogP contribution is -2.40. The summed E-state index contributed by atoms with van der Waals surface area (Å²) in [4.78, 5) is 21.7. The Labute approximate surface area is 141 Å². The third-order valence-corrected chi connectivity index (χ3v) is 4.82. The fourth-order valence-corrected chi connectivity index (χ4v) is 3.43. The van der Waals surface area contributed by atoms with E-state index in [2.05, 4.69) is 14.7 Å². The smallest absolute Gasteiger partial charge is 0.224 e. The first-order valence-corrected chi connectivity index (χ1v) is 9.62. The largest absolute Gasteiger partial charge is 0.347 e. The normalized spacial score (nSPS) is 17.5. The molecule has 2 N–H and O–H groups in total. The molecule has 0 saturated carbocycles. The number of sulfonamides is 1. The van der Waals surface area contributed by atoms with Crippen molar-refractivity contribution in [2.24, 2.45) is 0 Å². The summed E-state index contributed by atoms with van der Waals surface area (Å²) >= 11 is 0. The van der Waals surface area contributed by atoms with Crippen LogP contribution in [0.15, 0.2) is 36.7 Å². The molecule has 2 aromatic rings. The molecule has 0 fully saturated rings. The van der Waals surface area contributed by atoms with Gasteiger partial charge in [-0.1, -0.05) is 30.3 Å². The van der Waals surface area contributed by atoms with Gasteiger partial charge in [-0.05, 0) is 5.56 Å². The molecular weight excluding hydrogens is 328 g/mol. The molecule has 7 nitrogen and oxygen atoms in total. The summed E-state index contributed by atoms with van der Waals surface area (Å²) < 4.78 is 24.6. The Morgan fingerprint density at radius 2 is 2.12 bits per heavy atom. The highest BCUT2D eigenvalue weighted by molar-refractivity contribution is 7.88. The maximum atomic E-state index is 12.4. The number of amides is 1. The van der Waals surface area contributed by atoms with E-state index in [0.29, 0.717) is 13.1 Å². The fourth-order valence-electron chi connectivity index (χ4n) is 2.96. The molecule has 0 saturated heterocycles. The first-order chi connectivity index (χ1) is 11.4. The maximum Gasteiger partial charge on any atom is 0.224 e. The van der Waals surface area contributed by atoms with Gasteiger partial charge in [0.15, 0.2) is 0 Å². The lowest BCUT2D eigenvalue weighted by atomic mass is 9.91. The molecule has 0 bridgehead atoms. The number of nitrogens with zero attached hydrogens (tertiary/aromatic N) is 2. The van der Waals surface area contributed by atoms with E-state index < -0.39 is 10.0 Å². The SMILES string of the molecule is CS(=O)(=O)NCCC(=O)N1Cc2[nH]cnc2C(c2ccccc2)C1. The number of carbonyl (C=O) groups excluding carboxylic acids is 1. The number of imidazole rings is 1. The molecule has 24 heavy (non-hydrogen) atoms. The summed E-state index contributed by atoms with van der Waals surface area (Å²) in [5.41, 5.74) is 3.01. The van der Waals surface area contributed by atoms with Crippen molar-refractivity contribution in [3.63, 3.8) is 0 Å². The molecule has 2 heterocycles. The number of nitrogens with one attached hydrogen (secondary N) is 2. The van der Waals surface area contributed by atoms with E-state index in [9.17, 15) is 13.2 Å². The summed E-state index contributed by atoms with van der Waals surface area (Å²) in [6.07, 6.45) is 2.87. The third-order valence-electron chi connectivity index (χ3n) is 4.09. The van der Waals surface area contributed by atoms with Crippen LogP contribution in [-0.2, 0) is 21.4 Å². The predicted octanol–water partition coefficient (Wildman–Crippen LogP) is 0.823. The minimum absolute atomic E-state index is 0.0213. The lowest BCUT2D eigenvalue weighted by molar-refractivity contribution is -0.132. The zero-order valence-electron chi connectivity index (χ0n) is 13.4. The van der Waals surface area contributed by atoms with E-state index in [1.807, 2.05) is 30.3 Å². The second kappa shape index (κ2) is 6.74.